The highest BCUT2D eigenvalue weighted by Gasteiger charge is 2.26. The van der Waals surface area contributed by atoms with Gasteiger partial charge in [0.2, 0.25) is 5.88 Å². The van der Waals surface area contributed by atoms with Crippen LogP contribution in [0.25, 0.3) is 4.85 Å². The Kier molecular flexibility index (Phi) is 6.67. The maximum Gasteiger partial charge on any atom is 0.410 e. The highest BCUT2D eigenvalue weighted by molar-refractivity contribution is 5.68. The molecular weight excluding hydrogens is 389 g/mol. The fraction of sp³-hybridized carbons (Fsp3) is 0.429. The van der Waals surface area contributed by atoms with Crippen LogP contribution in [0.3, 0.4) is 0 Å². The fourth-order valence-corrected chi connectivity index (χ4v) is 3.07. The van der Waals surface area contributed by atoms with Crippen LogP contribution in [0.4, 0.5) is 26.4 Å². The van der Waals surface area contributed by atoms with Crippen LogP contribution in [-0.4, -0.2) is 46.3 Å². The van der Waals surface area contributed by atoms with Crippen LogP contribution in [0.1, 0.15) is 32.3 Å². The Balaban J connectivity index is 1.63. The Labute approximate surface area is 174 Å². The van der Waals surface area contributed by atoms with E-state index in [-0.39, 0.29) is 29.7 Å². The number of ether oxygens (including phenoxy) is 2. The molecule has 1 amide bonds. The maximum atomic E-state index is 14.2. The molecule has 1 aromatic carbocycles. The van der Waals surface area contributed by atoms with Crippen LogP contribution in [-0.2, 0) is 4.74 Å². The van der Waals surface area contributed by atoms with Crippen molar-refractivity contribution in [2.45, 2.75) is 45.8 Å². The van der Waals surface area contributed by atoms with Crippen molar-refractivity contribution in [3.8, 4) is 5.88 Å². The smallest absolute Gasteiger partial charge is 0.410 e. The van der Waals surface area contributed by atoms with Gasteiger partial charge >= 0.3 is 6.09 Å². The number of carbonyl (C=O) groups is 1. The number of piperidine rings is 1. The largest absolute Gasteiger partial charge is 0.474 e. The van der Waals surface area contributed by atoms with E-state index >= 15 is 0 Å². The van der Waals surface area contributed by atoms with Gasteiger partial charge < -0.3 is 19.7 Å². The van der Waals surface area contributed by atoms with Crippen molar-refractivity contribution in [1.82, 2.24) is 14.9 Å². The third kappa shape index (κ3) is 5.14. The van der Waals surface area contributed by atoms with E-state index in [0.29, 0.717) is 43.2 Å². The lowest BCUT2D eigenvalue weighted by Crippen LogP contribution is -2.42. The molecule has 2 aromatic rings. The van der Waals surface area contributed by atoms with Crippen LogP contribution in [0.2, 0.25) is 0 Å². The lowest BCUT2D eigenvalue weighted by Gasteiger charge is -2.32. The summed E-state index contributed by atoms with van der Waals surface area (Å²) in [6.45, 7) is 13.5. The minimum absolute atomic E-state index is 0.0933. The van der Waals surface area contributed by atoms with Gasteiger partial charge in [-0.1, -0.05) is 6.07 Å². The van der Waals surface area contributed by atoms with Crippen LogP contribution in [0, 0.1) is 19.3 Å². The van der Waals surface area contributed by atoms with E-state index in [1.165, 1.54) is 24.5 Å². The standard InChI is InChI=1S/C21H24FN5O3/c1-13(2)29-21(28)27-9-7-16(8-10-27)30-20-14(3)19(24-12-25-20)26-18-6-5-15(23-4)11-17(18)22/h5-6,11-13,16H,7-10H2,1-3H3,(H,24,25,26). The van der Waals surface area contributed by atoms with E-state index in [1.807, 2.05) is 13.8 Å². The second-order valence-electron chi connectivity index (χ2n) is 7.29. The molecule has 2 heterocycles. The molecule has 3 rings (SSSR count). The molecule has 1 aliphatic rings. The van der Waals surface area contributed by atoms with Crippen molar-refractivity contribution < 1.29 is 18.7 Å². The van der Waals surface area contributed by atoms with Gasteiger partial charge in [-0.3, -0.25) is 0 Å². The number of halogens is 1. The van der Waals surface area contributed by atoms with Crippen LogP contribution < -0.4 is 10.1 Å². The van der Waals surface area contributed by atoms with Crippen LogP contribution in [0.5, 0.6) is 5.88 Å². The lowest BCUT2D eigenvalue weighted by molar-refractivity contribution is 0.0505. The number of likely N-dealkylation sites (tertiary alicyclic amines) is 1. The number of rotatable bonds is 5. The molecule has 1 aliphatic heterocycles. The highest BCUT2D eigenvalue weighted by atomic mass is 19.1. The minimum Gasteiger partial charge on any atom is -0.474 e. The zero-order valence-electron chi connectivity index (χ0n) is 17.2. The summed E-state index contributed by atoms with van der Waals surface area (Å²) >= 11 is 0. The molecule has 158 valence electrons. The first-order chi connectivity index (χ1) is 14.4. The molecule has 0 saturated carbocycles. The molecule has 8 nitrogen and oxygen atoms in total. The second kappa shape index (κ2) is 9.39. The predicted molar refractivity (Wildman–Crippen MR) is 110 cm³/mol. The third-order valence-corrected chi connectivity index (χ3v) is 4.69. The normalized spacial score (nSPS) is 14.3. The highest BCUT2D eigenvalue weighted by Crippen LogP contribution is 2.29. The van der Waals surface area contributed by atoms with Gasteiger partial charge in [0.25, 0.3) is 0 Å². The van der Waals surface area contributed by atoms with E-state index in [9.17, 15) is 9.18 Å². The second-order valence-corrected chi connectivity index (χ2v) is 7.29. The molecule has 0 unspecified atom stereocenters. The van der Waals surface area contributed by atoms with Crippen LogP contribution in [0.15, 0.2) is 24.5 Å². The zero-order valence-corrected chi connectivity index (χ0v) is 17.2. The quantitative estimate of drug-likeness (QED) is 0.721. The van der Waals surface area contributed by atoms with Gasteiger partial charge in [0.15, 0.2) is 5.69 Å². The fourth-order valence-electron chi connectivity index (χ4n) is 3.07. The third-order valence-electron chi connectivity index (χ3n) is 4.69. The van der Waals surface area contributed by atoms with Crippen LogP contribution >= 0.6 is 0 Å². The Bertz CT molecular complexity index is 952. The van der Waals surface area contributed by atoms with E-state index in [4.69, 9.17) is 16.0 Å². The first-order valence-electron chi connectivity index (χ1n) is 9.75. The Morgan fingerprint density at radius 1 is 1.33 bits per heavy atom. The summed E-state index contributed by atoms with van der Waals surface area (Å²) < 4.78 is 25.5. The molecule has 1 saturated heterocycles. The summed E-state index contributed by atoms with van der Waals surface area (Å²) in [7, 11) is 0. The molecule has 0 aliphatic carbocycles. The first kappa shape index (κ1) is 21.3. The van der Waals surface area contributed by atoms with Gasteiger partial charge in [0.05, 0.1) is 23.9 Å². The molecule has 1 aromatic heterocycles. The maximum absolute atomic E-state index is 14.2. The van der Waals surface area contributed by atoms with E-state index in [1.54, 1.807) is 11.8 Å². The summed E-state index contributed by atoms with van der Waals surface area (Å²) in [4.78, 5) is 25.3. The molecule has 9 heteroatoms. The number of nitrogens with one attached hydrogen (secondary N) is 1. The molecule has 0 spiro atoms. The number of nitrogens with zero attached hydrogens (tertiary/aromatic N) is 4. The Morgan fingerprint density at radius 3 is 2.70 bits per heavy atom. The van der Waals surface area contributed by atoms with Crippen molar-refractivity contribution in [3.63, 3.8) is 0 Å². The van der Waals surface area contributed by atoms with Crippen molar-refractivity contribution >= 4 is 23.3 Å². The lowest BCUT2D eigenvalue weighted by atomic mass is 10.1. The molecular formula is C21H24FN5O3. The molecule has 1 N–H and O–H groups in total. The number of hydrogen-bond acceptors (Lipinski definition) is 6. The summed E-state index contributed by atoms with van der Waals surface area (Å²) in [6.07, 6.45) is 2.12. The van der Waals surface area contributed by atoms with Crippen molar-refractivity contribution in [3.05, 3.63) is 47.3 Å². The molecule has 1 fully saturated rings. The number of anilines is 2. The molecule has 0 radical (unpaired) electrons. The van der Waals surface area contributed by atoms with Gasteiger partial charge in [-0.2, -0.15) is 0 Å². The summed E-state index contributed by atoms with van der Waals surface area (Å²) in [6, 6.07) is 4.20. The molecule has 0 atom stereocenters. The summed E-state index contributed by atoms with van der Waals surface area (Å²) in [5.74, 6) is 0.297. The first-order valence-corrected chi connectivity index (χ1v) is 9.75. The minimum atomic E-state index is -0.537. The Morgan fingerprint density at radius 2 is 2.07 bits per heavy atom. The molecule has 30 heavy (non-hydrogen) atoms. The van der Waals surface area contributed by atoms with Crippen molar-refractivity contribution in [1.29, 1.82) is 0 Å². The number of hydrogen-bond donors (Lipinski definition) is 1. The van der Waals surface area contributed by atoms with Gasteiger partial charge in [-0.25, -0.2) is 24.0 Å². The van der Waals surface area contributed by atoms with Crippen molar-refractivity contribution in [2.24, 2.45) is 0 Å². The average molecular weight is 413 g/mol. The topological polar surface area (TPSA) is 80.9 Å². The van der Waals surface area contributed by atoms with Gasteiger partial charge in [-0.15, -0.1) is 0 Å². The van der Waals surface area contributed by atoms with Gasteiger partial charge in [-0.05, 0) is 32.9 Å². The monoisotopic (exact) mass is 413 g/mol. The summed E-state index contributed by atoms with van der Waals surface area (Å²) in [5, 5.41) is 2.93. The molecule has 0 bridgehead atoms. The number of amides is 1. The average Bonchev–Trinajstić information content (AvgIpc) is 2.72. The zero-order chi connectivity index (χ0) is 21.7. The van der Waals surface area contributed by atoms with E-state index in [0.717, 1.165) is 0 Å². The summed E-state index contributed by atoms with van der Waals surface area (Å²) in [5.41, 5.74) is 1.09. The van der Waals surface area contributed by atoms with Gasteiger partial charge in [0, 0.05) is 25.9 Å². The van der Waals surface area contributed by atoms with Crippen molar-refractivity contribution in [2.75, 3.05) is 18.4 Å². The number of benzene rings is 1. The number of carbonyl (C=O) groups excluding carboxylic acids is 1. The Hall–Kier alpha value is -3.41. The van der Waals surface area contributed by atoms with E-state index in [2.05, 4.69) is 20.1 Å². The SMILES string of the molecule is [C-]#[N+]c1ccc(Nc2ncnc(OC3CCN(C(=O)OC(C)C)CC3)c2C)c(F)c1. The predicted octanol–water partition coefficient (Wildman–Crippen LogP) is 4.61. The van der Waals surface area contributed by atoms with E-state index < -0.39 is 5.82 Å². The van der Waals surface area contributed by atoms with Gasteiger partial charge in [0.1, 0.15) is 24.1 Å². The number of aromatic nitrogens is 2.